The van der Waals surface area contributed by atoms with Gasteiger partial charge in [0, 0.05) is 11.6 Å². The number of ether oxygens (including phenoxy) is 1. The number of piperidine rings is 1. The third-order valence-electron chi connectivity index (χ3n) is 4.58. The van der Waals surface area contributed by atoms with Gasteiger partial charge in [-0.2, -0.15) is 0 Å². The number of hydrogen-bond acceptors (Lipinski definition) is 5. The highest BCUT2D eigenvalue weighted by Gasteiger charge is 2.19. The van der Waals surface area contributed by atoms with Gasteiger partial charge in [-0.3, -0.25) is 4.98 Å². The zero-order valence-corrected chi connectivity index (χ0v) is 15.1. The molecule has 5 nitrogen and oxygen atoms in total. The summed E-state index contributed by atoms with van der Waals surface area (Å²) in [7, 11) is -3.58. The monoisotopic (exact) mass is 368 g/mol. The maximum atomic E-state index is 12.8. The average Bonchev–Trinajstić information content (AvgIpc) is 2.69. The lowest BCUT2D eigenvalue weighted by molar-refractivity contribution is 0.162. The minimum Gasteiger partial charge on any atom is -0.490 e. The summed E-state index contributed by atoms with van der Waals surface area (Å²) in [5.74, 6) is 0.750. The molecule has 2 heterocycles. The smallest absolute Gasteiger partial charge is 0.208 e. The number of benzene rings is 2. The van der Waals surface area contributed by atoms with Crippen LogP contribution in [0.1, 0.15) is 12.8 Å². The average molecular weight is 368 g/mol. The second-order valence-electron chi connectivity index (χ2n) is 6.41. The Balaban J connectivity index is 1.67. The first-order valence-electron chi connectivity index (χ1n) is 8.70. The lowest BCUT2D eigenvalue weighted by Gasteiger charge is -2.23. The summed E-state index contributed by atoms with van der Waals surface area (Å²) in [6, 6.07) is 15.7. The summed E-state index contributed by atoms with van der Waals surface area (Å²) in [5.41, 5.74) is 0.745. The third kappa shape index (κ3) is 3.43. The molecule has 1 aromatic heterocycles. The highest BCUT2D eigenvalue weighted by atomic mass is 32.2. The summed E-state index contributed by atoms with van der Waals surface area (Å²) >= 11 is 0. The predicted octanol–water partition coefficient (Wildman–Crippen LogP) is 3.20. The van der Waals surface area contributed by atoms with Crippen LogP contribution in [-0.2, 0) is 9.84 Å². The topological polar surface area (TPSA) is 68.3 Å². The van der Waals surface area contributed by atoms with E-state index in [1.165, 1.54) is 6.20 Å². The van der Waals surface area contributed by atoms with Gasteiger partial charge in [0.2, 0.25) is 9.84 Å². The number of hydrogen-bond donors (Lipinski definition) is 1. The molecule has 0 radical (unpaired) electrons. The summed E-state index contributed by atoms with van der Waals surface area (Å²) in [4.78, 5) is 4.77. The standard InChI is InChI=1S/C20H20N2O3S/c23-26(24,18-4-2-1-3-5-18)19-13-15-12-17(6-7-20(15)22-14-19)25-16-8-10-21-11-9-16/h1-7,12-14,16,21H,8-11H2. The van der Waals surface area contributed by atoms with Crippen molar-refractivity contribution in [2.24, 2.45) is 0 Å². The number of nitrogens with one attached hydrogen (secondary N) is 1. The SMILES string of the molecule is O=S(=O)(c1ccccc1)c1cnc2ccc(OC3CCNCC3)cc2c1. The van der Waals surface area contributed by atoms with E-state index in [2.05, 4.69) is 10.3 Å². The fourth-order valence-corrected chi connectivity index (χ4v) is 4.41. The van der Waals surface area contributed by atoms with Gasteiger partial charge >= 0.3 is 0 Å². The summed E-state index contributed by atoms with van der Waals surface area (Å²) in [6.45, 7) is 1.92. The molecule has 3 aromatic rings. The zero-order chi connectivity index (χ0) is 18.0. The van der Waals surface area contributed by atoms with Crippen LogP contribution in [0.3, 0.4) is 0 Å². The molecule has 2 aromatic carbocycles. The van der Waals surface area contributed by atoms with E-state index < -0.39 is 9.84 Å². The van der Waals surface area contributed by atoms with E-state index in [0.29, 0.717) is 0 Å². The number of sulfone groups is 1. The van der Waals surface area contributed by atoms with Crippen LogP contribution in [0.4, 0.5) is 0 Å². The Kier molecular flexibility index (Phi) is 4.61. The van der Waals surface area contributed by atoms with E-state index in [4.69, 9.17) is 4.74 Å². The molecule has 0 unspecified atom stereocenters. The summed E-state index contributed by atoms with van der Waals surface area (Å²) < 4.78 is 31.7. The number of fused-ring (bicyclic) bond motifs is 1. The summed E-state index contributed by atoms with van der Waals surface area (Å²) in [5, 5.41) is 4.07. The Bertz CT molecular complexity index is 1010. The molecule has 0 saturated carbocycles. The van der Waals surface area contributed by atoms with Gasteiger partial charge in [0.15, 0.2) is 0 Å². The lowest BCUT2D eigenvalue weighted by atomic mass is 10.1. The van der Waals surface area contributed by atoms with Crippen molar-refractivity contribution >= 4 is 20.7 Å². The van der Waals surface area contributed by atoms with Crippen molar-refractivity contribution in [1.29, 1.82) is 0 Å². The maximum Gasteiger partial charge on any atom is 0.208 e. The van der Waals surface area contributed by atoms with Gasteiger partial charge in [0.25, 0.3) is 0 Å². The van der Waals surface area contributed by atoms with Crippen LogP contribution in [0.25, 0.3) is 10.9 Å². The largest absolute Gasteiger partial charge is 0.490 e. The number of pyridine rings is 1. The molecular weight excluding hydrogens is 348 g/mol. The van der Waals surface area contributed by atoms with Gasteiger partial charge in [-0.1, -0.05) is 18.2 Å². The maximum absolute atomic E-state index is 12.8. The first kappa shape index (κ1) is 17.0. The fraction of sp³-hybridized carbons (Fsp3) is 0.250. The normalized spacial score (nSPS) is 15.8. The van der Waals surface area contributed by atoms with Crippen LogP contribution < -0.4 is 10.1 Å². The predicted molar refractivity (Wildman–Crippen MR) is 100 cm³/mol. The van der Waals surface area contributed by atoms with E-state index >= 15 is 0 Å². The molecule has 0 bridgehead atoms. The highest BCUT2D eigenvalue weighted by Crippen LogP contribution is 2.26. The van der Waals surface area contributed by atoms with Crippen molar-refractivity contribution in [3.05, 3.63) is 60.8 Å². The molecule has 6 heteroatoms. The highest BCUT2D eigenvalue weighted by molar-refractivity contribution is 7.91. The Morgan fingerprint density at radius 2 is 1.73 bits per heavy atom. The molecule has 0 spiro atoms. The first-order valence-corrected chi connectivity index (χ1v) is 10.2. The van der Waals surface area contributed by atoms with Gasteiger partial charge in [-0.05, 0) is 62.3 Å². The molecule has 0 aliphatic carbocycles. The minimum atomic E-state index is -3.58. The Hall–Kier alpha value is -2.44. The second-order valence-corrected chi connectivity index (χ2v) is 8.36. The Morgan fingerprint density at radius 3 is 2.50 bits per heavy atom. The molecule has 1 saturated heterocycles. The quantitative estimate of drug-likeness (QED) is 0.766. The molecule has 1 N–H and O–H groups in total. The molecule has 4 rings (SSSR count). The van der Waals surface area contributed by atoms with Crippen molar-refractivity contribution in [2.45, 2.75) is 28.7 Å². The van der Waals surface area contributed by atoms with Crippen LogP contribution >= 0.6 is 0 Å². The van der Waals surface area contributed by atoms with Gasteiger partial charge in [-0.15, -0.1) is 0 Å². The molecule has 1 fully saturated rings. The van der Waals surface area contributed by atoms with Gasteiger partial charge < -0.3 is 10.1 Å². The molecular formula is C20H20N2O3S. The van der Waals surface area contributed by atoms with E-state index in [0.717, 1.165) is 42.6 Å². The number of aromatic nitrogens is 1. The molecule has 0 atom stereocenters. The number of rotatable bonds is 4. The molecule has 1 aliphatic heterocycles. The molecule has 0 amide bonds. The van der Waals surface area contributed by atoms with Crippen LogP contribution in [0.5, 0.6) is 5.75 Å². The van der Waals surface area contributed by atoms with E-state index in [1.54, 1.807) is 36.4 Å². The van der Waals surface area contributed by atoms with Crippen molar-refractivity contribution < 1.29 is 13.2 Å². The van der Waals surface area contributed by atoms with Crippen LogP contribution in [0, 0.1) is 0 Å². The lowest BCUT2D eigenvalue weighted by Crippen LogP contribution is -2.34. The van der Waals surface area contributed by atoms with Crippen molar-refractivity contribution in [3.8, 4) is 5.75 Å². The molecule has 134 valence electrons. The van der Waals surface area contributed by atoms with Crippen molar-refractivity contribution in [2.75, 3.05) is 13.1 Å². The second kappa shape index (κ2) is 7.05. The van der Waals surface area contributed by atoms with Crippen LogP contribution in [0.15, 0.2) is 70.6 Å². The van der Waals surface area contributed by atoms with E-state index in [-0.39, 0.29) is 15.9 Å². The number of nitrogens with zero attached hydrogens (tertiary/aromatic N) is 1. The third-order valence-corrected chi connectivity index (χ3v) is 6.32. The zero-order valence-electron chi connectivity index (χ0n) is 14.3. The molecule has 26 heavy (non-hydrogen) atoms. The van der Waals surface area contributed by atoms with Crippen LogP contribution in [0.2, 0.25) is 0 Å². The van der Waals surface area contributed by atoms with Gasteiger partial charge in [-0.25, -0.2) is 8.42 Å². The molecule has 1 aliphatic rings. The van der Waals surface area contributed by atoms with Gasteiger partial charge in [0.1, 0.15) is 11.9 Å². The van der Waals surface area contributed by atoms with E-state index in [9.17, 15) is 8.42 Å². The van der Waals surface area contributed by atoms with Gasteiger partial charge in [0.05, 0.1) is 15.3 Å². The Morgan fingerprint density at radius 1 is 0.962 bits per heavy atom. The van der Waals surface area contributed by atoms with Crippen molar-refractivity contribution in [1.82, 2.24) is 10.3 Å². The minimum absolute atomic E-state index is 0.190. The fourth-order valence-electron chi connectivity index (χ4n) is 3.15. The Labute approximate surface area is 152 Å². The summed E-state index contributed by atoms with van der Waals surface area (Å²) in [6.07, 6.45) is 3.55. The first-order chi connectivity index (χ1) is 12.6. The van der Waals surface area contributed by atoms with Crippen LogP contribution in [-0.4, -0.2) is 32.6 Å². The van der Waals surface area contributed by atoms with Crippen molar-refractivity contribution in [3.63, 3.8) is 0 Å². The van der Waals surface area contributed by atoms with E-state index in [1.807, 2.05) is 18.2 Å².